The van der Waals surface area contributed by atoms with Gasteiger partial charge in [-0.3, -0.25) is 0 Å². The lowest BCUT2D eigenvalue weighted by molar-refractivity contribution is -0.348. The third kappa shape index (κ3) is 3.26. The predicted octanol–water partition coefficient (Wildman–Crippen LogP) is 5.81. The molecule has 1 aromatic carbocycles. The van der Waals surface area contributed by atoms with E-state index >= 15 is 0 Å². The smallest absolute Gasteiger partial charge is 0.398 e. The molecule has 2 N–H and O–H groups in total. The first-order valence-corrected chi connectivity index (χ1v) is 6.90. The number of nitrogen functional groups attached to an aromatic ring is 1. The molecule has 1 aromatic rings. The molecule has 0 aliphatic carbocycles. The molecule has 0 unspecified atom stereocenters. The molecule has 23 heavy (non-hydrogen) atoms. The molecular formula is C15H18F7N. The van der Waals surface area contributed by atoms with Crippen molar-refractivity contribution in [1.29, 1.82) is 0 Å². The lowest BCUT2D eigenvalue weighted by atomic mass is 9.85. The number of anilines is 1. The largest absolute Gasteiger partial charge is 0.435 e. The van der Waals surface area contributed by atoms with Crippen molar-refractivity contribution in [3.63, 3.8) is 0 Å². The minimum atomic E-state index is -6.14. The van der Waals surface area contributed by atoms with Gasteiger partial charge in [-0.15, -0.1) is 0 Å². The fourth-order valence-electron chi connectivity index (χ4n) is 2.34. The molecule has 8 heteroatoms. The average Bonchev–Trinajstić information content (AvgIpc) is 2.34. The summed E-state index contributed by atoms with van der Waals surface area (Å²) in [5, 5.41) is 0. The summed E-state index contributed by atoms with van der Waals surface area (Å²) in [7, 11) is 0. The number of hydrogen-bond donors (Lipinski definition) is 1. The Bertz CT molecular complexity index is 527. The second-order valence-electron chi connectivity index (χ2n) is 6.03. The maximum absolute atomic E-state index is 14.3. The molecule has 0 saturated carbocycles. The Labute approximate surface area is 129 Å². The SMILES string of the molecule is CC(C)c1cc(C(F)(C(F)(F)F)C(F)(F)F)cc(C(C)C)c1N. The Morgan fingerprint density at radius 3 is 1.26 bits per heavy atom. The zero-order valence-corrected chi connectivity index (χ0v) is 13.0. The highest BCUT2D eigenvalue weighted by molar-refractivity contribution is 5.59. The van der Waals surface area contributed by atoms with Gasteiger partial charge in [-0.2, -0.15) is 26.3 Å². The number of alkyl halides is 7. The van der Waals surface area contributed by atoms with Gasteiger partial charge in [-0.1, -0.05) is 27.7 Å². The average molecular weight is 345 g/mol. The van der Waals surface area contributed by atoms with E-state index in [0.29, 0.717) is 12.1 Å². The second kappa shape index (κ2) is 5.87. The Hall–Kier alpha value is -1.47. The maximum Gasteiger partial charge on any atom is 0.435 e. The van der Waals surface area contributed by atoms with Gasteiger partial charge in [-0.05, 0) is 35.1 Å². The molecule has 0 aliphatic rings. The van der Waals surface area contributed by atoms with Gasteiger partial charge < -0.3 is 5.73 Å². The van der Waals surface area contributed by atoms with Crippen molar-refractivity contribution in [3.8, 4) is 0 Å². The molecule has 0 heterocycles. The molecule has 0 saturated heterocycles. The maximum atomic E-state index is 14.3. The van der Waals surface area contributed by atoms with Crippen LogP contribution in [-0.2, 0) is 5.67 Å². The third-order valence-corrected chi connectivity index (χ3v) is 3.67. The molecular weight excluding hydrogens is 327 g/mol. The summed E-state index contributed by atoms with van der Waals surface area (Å²) < 4.78 is 91.8. The van der Waals surface area contributed by atoms with Crippen LogP contribution < -0.4 is 5.73 Å². The first-order valence-electron chi connectivity index (χ1n) is 6.90. The number of hydrogen-bond acceptors (Lipinski definition) is 1. The van der Waals surface area contributed by atoms with Crippen LogP contribution in [0.3, 0.4) is 0 Å². The Balaban J connectivity index is 3.82. The fourth-order valence-corrected chi connectivity index (χ4v) is 2.34. The highest BCUT2D eigenvalue weighted by Gasteiger charge is 2.73. The first-order chi connectivity index (χ1) is 10.1. The van der Waals surface area contributed by atoms with E-state index in [4.69, 9.17) is 5.73 Å². The lowest BCUT2D eigenvalue weighted by Crippen LogP contribution is -2.50. The summed E-state index contributed by atoms with van der Waals surface area (Å²) >= 11 is 0. The van der Waals surface area contributed by atoms with Crippen LogP contribution in [0.5, 0.6) is 0 Å². The van der Waals surface area contributed by atoms with Gasteiger partial charge in [0, 0.05) is 11.3 Å². The Morgan fingerprint density at radius 1 is 0.739 bits per heavy atom. The number of halogens is 7. The summed E-state index contributed by atoms with van der Waals surface area (Å²) in [4.78, 5) is 0. The van der Waals surface area contributed by atoms with E-state index in [1.807, 2.05) is 0 Å². The summed E-state index contributed by atoms with van der Waals surface area (Å²) in [6.45, 7) is 6.22. The van der Waals surface area contributed by atoms with Crippen molar-refractivity contribution in [2.75, 3.05) is 5.73 Å². The van der Waals surface area contributed by atoms with Gasteiger partial charge in [0.1, 0.15) is 0 Å². The topological polar surface area (TPSA) is 26.0 Å². The van der Waals surface area contributed by atoms with Crippen LogP contribution in [0.25, 0.3) is 0 Å². The summed E-state index contributed by atoms with van der Waals surface area (Å²) in [6.07, 6.45) is -12.3. The number of nitrogens with two attached hydrogens (primary N) is 1. The molecule has 0 fully saturated rings. The van der Waals surface area contributed by atoms with E-state index in [0.717, 1.165) is 0 Å². The van der Waals surface area contributed by atoms with Crippen LogP contribution in [0.15, 0.2) is 12.1 Å². The van der Waals surface area contributed by atoms with Crippen LogP contribution in [0.1, 0.15) is 56.2 Å². The van der Waals surface area contributed by atoms with Gasteiger partial charge >= 0.3 is 18.0 Å². The van der Waals surface area contributed by atoms with Crippen LogP contribution >= 0.6 is 0 Å². The highest BCUT2D eigenvalue weighted by atomic mass is 19.4. The van der Waals surface area contributed by atoms with E-state index in [1.54, 1.807) is 27.7 Å². The second-order valence-corrected chi connectivity index (χ2v) is 6.03. The van der Waals surface area contributed by atoms with Crippen molar-refractivity contribution >= 4 is 5.69 Å². The first kappa shape index (κ1) is 19.6. The van der Waals surface area contributed by atoms with Crippen molar-refractivity contribution in [3.05, 3.63) is 28.8 Å². The molecule has 0 amide bonds. The van der Waals surface area contributed by atoms with E-state index in [9.17, 15) is 30.7 Å². The standard InChI is InChI=1S/C15H18F7N/c1-7(2)10-5-9(6-11(8(3)4)12(10)23)13(16,14(17,18)19)15(20,21)22/h5-8H,23H2,1-4H3. The quantitative estimate of drug-likeness (QED) is 0.543. The summed E-state index contributed by atoms with van der Waals surface area (Å²) in [5.41, 5.74) is -0.897. The van der Waals surface area contributed by atoms with Crippen molar-refractivity contribution in [2.24, 2.45) is 0 Å². The van der Waals surface area contributed by atoms with Gasteiger partial charge in [0.05, 0.1) is 0 Å². The summed E-state index contributed by atoms with van der Waals surface area (Å²) in [6, 6.07) is 1.12. The molecule has 0 spiro atoms. The summed E-state index contributed by atoms with van der Waals surface area (Å²) in [5.74, 6) is -0.920. The van der Waals surface area contributed by atoms with Gasteiger partial charge in [0.25, 0.3) is 0 Å². The zero-order chi connectivity index (χ0) is 18.4. The van der Waals surface area contributed by atoms with Crippen molar-refractivity contribution in [1.82, 2.24) is 0 Å². The normalized spacial score (nSPS) is 14.0. The molecule has 0 aliphatic heterocycles. The van der Waals surface area contributed by atoms with Crippen molar-refractivity contribution < 1.29 is 30.7 Å². The predicted molar refractivity (Wildman–Crippen MR) is 73.9 cm³/mol. The molecule has 0 atom stereocenters. The minimum Gasteiger partial charge on any atom is -0.398 e. The highest BCUT2D eigenvalue weighted by Crippen LogP contribution is 2.54. The lowest BCUT2D eigenvalue weighted by Gasteiger charge is -2.32. The molecule has 1 nitrogen and oxygen atoms in total. The third-order valence-electron chi connectivity index (χ3n) is 3.67. The van der Waals surface area contributed by atoms with Gasteiger partial charge in [0.15, 0.2) is 0 Å². The van der Waals surface area contributed by atoms with Crippen molar-refractivity contribution in [2.45, 2.75) is 57.6 Å². The van der Waals surface area contributed by atoms with Gasteiger partial charge in [-0.25, -0.2) is 4.39 Å². The molecule has 1 rings (SSSR count). The molecule has 0 bridgehead atoms. The Morgan fingerprint density at radius 2 is 1.04 bits per heavy atom. The minimum absolute atomic E-state index is 0.0572. The molecule has 0 radical (unpaired) electrons. The van der Waals surface area contributed by atoms with Crippen LogP contribution in [-0.4, -0.2) is 12.4 Å². The molecule has 0 aromatic heterocycles. The van der Waals surface area contributed by atoms with E-state index in [1.165, 1.54) is 0 Å². The van der Waals surface area contributed by atoms with Gasteiger partial charge in [0.2, 0.25) is 0 Å². The fraction of sp³-hybridized carbons (Fsp3) is 0.600. The number of benzene rings is 1. The monoisotopic (exact) mass is 345 g/mol. The molecule has 132 valence electrons. The Kier molecular flexibility index (Phi) is 4.99. The van der Waals surface area contributed by atoms with E-state index in [2.05, 4.69) is 0 Å². The van der Waals surface area contributed by atoms with E-state index < -0.39 is 35.4 Å². The van der Waals surface area contributed by atoms with Crippen LogP contribution in [0.2, 0.25) is 0 Å². The van der Waals surface area contributed by atoms with E-state index in [-0.39, 0.29) is 16.8 Å². The van der Waals surface area contributed by atoms with Crippen LogP contribution in [0.4, 0.5) is 36.4 Å². The zero-order valence-electron chi connectivity index (χ0n) is 13.0. The number of rotatable bonds is 3. The van der Waals surface area contributed by atoms with Crippen LogP contribution in [0, 0.1) is 0 Å².